The molecule has 1 aromatic heterocycles. The predicted octanol–water partition coefficient (Wildman–Crippen LogP) is 0.361. The lowest BCUT2D eigenvalue weighted by molar-refractivity contribution is -0.140. The number of H-pyrrole nitrogens is 1. The molecule has 0 unspecified atom stereocenters. The highest BCUT2D eigenvalue weighted by Crippen LogP contribution is 2.35. The quantitative estimate of drug-likeness (QED) is 0.626. The fraction of sp³-hybridized carbons (Fsp3) is 0.667. The molecule has 3 rings (SSSR count). The molecule has 27 heavy (non-hydrogen) atoms. The van der Waals surface area contributed by atoms with Crippen LogP contribution < -0.4 is 15.8 Å². The first kappa shape index (κ1) is 19.3. The van der Waals surface area contributed by atoms with Gasteiger partial charge in [0.1, 0.15) is 0 Å². The van der Waals surface area contributed by atoms with Gasteiger partial charge in [0.25, 0.3) is 5.56 Å². The summed E-state index contributed by atoms with van der Waals surface area (Å²) < 4.78 is 5.31. The van der Waals surface area contributed by atoms with Crippen LogP contribution in [0.2, 0.25) is 0 Å². The molecule has 1 saturated carbocycles. The predicted molar refractivity (Wildman–Crippen MR) is 97.9 cm³/mol. The van der Waals surface area contributed by atoms with E-state index in [9.17, 15) is 14.4 Å². The summed E-state index contributed by atoms with van der Waals surface area (Å²) in [7, 11) is 0. The molecule has 1 aliphatic carbocycles. The third-order valence-electron chi connectivity index (χ3n) is 5.33. The van der Waals surface area contributed by atoms with Crippen LogP contribution in [0.1, 0.15) is 43.4 Å². The Hall–Kier alpha value is -2.42. The van der Waals surface area contributed by atoms with Crippen molar-refractivity contribution in [3.8, 4) is 0 Å². The maximum absolute atomic E-state index is 12.5. The van der Waals surface area contributed by atoms with Gasteiger partial charge < -0.3 is 20.1 Å². The van der Waals surface area contributed by atoms with Gasteiger partial charge in [-0.3, -0.25) is 19.4 Å². The maximum atomic E-state index is 12.5. The zero-order valence-electron chi connectivity index (χ0n) is 15.5. The standard InChI is InChI=1S/C18H26N4O5/c1-12-13(16(26)20-17(19-12)22-7-9-27-10-8-22)3-4-14(23)21-18(5-2-6-18)11-15(24)25/h2-11H2,1H3,(H,21,23)(H,24,25)(H,19,20,26). The number of ether oxygens (including phenoxy) is 1. The Morgan fingerprint density at radius 3 is 2.59 bits per heavy atom. The molecule has 148 valence electrons. The molecular formula is C18H26N4O5. The molecule has 0 bridgehead atoms. The summed E-state index contributed by atoms with van der Waals surface area (Å²) in [4.78, 5) is 45.0. The number of aliphatic carboxylic acids is 1. The van der Waals surface area contributed by atoms with Crippen molar-refractivity contribution in [2.75, 3.05) is 31.2 Å². The first-order valence-corrected chi connectivity index (χ1v) is 9.34. The second-order valence-corrected chi connectivity index (χ2v) is 7.31. The molecule has 2 heterocycles. The number of carboxylic acids is 1. The first-order chi connectivity index (χ1) is 12.9. The Morgan fingerprint density at radius 1 is 1.33 bits per heavy atom. The summed E-state index contributed by atoms with van der Waals surface area (Å²) in [5, 5.41) is 11.9. The minimum atomic E-state index is -0.912. The van der Waals surface area contributed by atoms with Crippen LogP contribution in [-0.2, 0) is 20.7 Å². The number of anilines is 1. The number of morpholine rings is 1. The van der Waals surface area contributed by atoms with Crippen LogP contribution in [0.4, 0.5) is 5.95 Å². The van der Waals surface area contributed by atoms with E-state index in [1.807, 2.05) is 4.90 Å². The Bertz CT molecular complexity index is 766. The molecule has 2 fully saturated rings. The van der Waals surface area contributed by atoms with Crippen molar-refractivity contribution >= 4 is 17.8 Å². The Balaban J connectivity index is 1.61. The number of aromatic amines is 1. The number of amides is 1. The molecule has 1 aromatic rings. The number of aryl methyl sites for hydroxylation is 1. The van der Waals surface area contributed by atoms with E-state index in [0.717, 1.165) is 6.42 Å². The molecule has 1 aliphatic heterocycles. The maximum Gasteiger partial charge on any atom is 0.305 e. The van der Waals surface area contributed by atoms with Crippen molar-refractivity contribution in [1.82, 2.24) is 15.3 Å². The number of nitrogens with zero attached hydrogens (tertiary/aromatic N) is 2. The third kappa shape index (κ3) is 4.65. The topological polar surface area (TPSA) is 125 Å². The summed E-state index contributed by atoms with van der Waals surface area (Å²) >= 11 is 0. The monoisotopic (exact) mass is 378 g/mol. The van der Waals surface area contributed by atoms with Crippen molar-refractivity contribution in [2.24, 2.45) is 0 Å². The van der Waals surface area contributed by atoms with Crippen LogP contribution >= 0.6 is 0 Å². The van der Waals surface area contributed by atoms with Gasteiger partial charge in [0.2, 0.25) is 11.9 Å². The molecule has 9 heteroatoms. The van der Waals surface area contributed by atoms with Gasteiger partial charge in [-0.25, -0.2) is 4.98 Å². The normalized spacial score (nSPS) is 18.6. The van der Waals surface area contributed by atoms with Crippen molar-refractivity contribution in [3.05, 3.63) is 21.6 Å². The van der Waals surface area contributed by atoms with E-state index < -0.39 is 11.5 Å². The molecular weight excluding hydrogens is 352 g/mol. The minimum absolute atomic E-state index is 0.0614. The number of carboxylic acid groups (broad SMARTS) is 1. The molecule has 2 aliphatic rings. The number of nitrogens with one attached hydrogen (secondary N) is 2. The number of hydrogen-bond donors (Lipinski definition) is 3. The van der Waals surface area contributed by atoms with E-state index in [2.05, 4.69) is 15.3 Å². The highest BCUT2D eigenvalue weighted by atomic mass is 16.5. The number of rotatable bonds is 7. The summed E-state index contributed by atoms with van der Waals surface area (Å²) in [5.41, 5.74) is 0.240. The zero-order chi connectivity index (χ0) is 19.4. The lowest BCUT2D eigenvalue weighted by Crippen LogP contribution is -2.54. The SMILES string of the molecule is Cc1nc(N2CCOCC2)[nH]c(=O)c1CCC(=O)NC1(CC(=O)O)CCC1. The van der Waals surface area contributed by atoms with E-state index in [4.69, 9.17) is 9.84 Å². The van der Waals surface area contributed by atoms with Gasteiger partial charge in [0.05, 0.1) is 25.2 Å². The van der Waals surface area contributed by atoms with Crippen LogP contribution in [-0.4, -0.2) is 58.8 Å². The van der Waals surface area contributed by atoms with Gasteiger partial charge in [-0.15, -0.1) is 0 Å². The fourth-order valence-electron chi connectivity index (χ4n) is 3.65. The second kappa shape index (κ2) is 8.08. The van der Waals surface area contributed by atoms with Gasteiger partial charge in [-0.2, -0.15) is 0 Å². The molecule has 0 radical (unpaired) electrons. The Kier molecular flexibility index (Phi) is 5.79. The van der Waals surface area contributed by atoms with Crippen molar-refractivity contribution < 1.29 is 19.4 Å². The average molecular weight is 378 g/mol. The minimum Gasteiger partial charge on any atom is -0.481 e. The second-order valence-electron chi connectivity index (χ2n) is 7.31. The fourth-order valence-corrected chi connectivity index (χ4v) is 3.65. The lowest BCUT2D eigenvalue weighted by atomic mass is 9.74. The van der Waals surface area contributed by atoms with Gasteiger partial charge in [-0.05, 0) is 32.6 Å². The van der Waals surface area contributed by atoms with Crippen molar-refractivity contribution in [3.63, 3.8) is 0 Å². The smallest absolute Gasteiger partial charge is 0.305 e. The molecule has 9 nitrogen and oxygen atoms in total. The van der Waals surface area contributed by atoms with E-state index in [1.165, 1.54) is 0 Å². The molecule has 1 amide bonds. The summed E-state index contributed by atoms with van der Waals surface area (Å²) in [6.45, 7) is 4.32. The van der Waals surface area contributed by atoms with E-state index in [-0.39, 0.29) is 30.7 Å². The summed E-state index contributed by atoms with van der Waals surface area (Å²) in [6, 6.07) is 0. The summed E-state index contributed by atoms with van der Waals surface area (Å²) in [6.07, 6.45) is 2.62. The van der Waals surface area contributed by atoms with E-state index >= 15 is 0 Å². The van der Waals surface area contributed by atoms with E-state index in [0.29, 0.717) is 56.4 Å². The van der Waals surface area contributed by atoms with Crippen LogP contribution in [0.5, 0.6) is 0 Å². The van der Waals surface area contributed by atoms with Crippen LogP contribution in [0.3, 0.4) is 0 Å². The first-order valence-electron chi connectivity index (χ1n) is 9.34. The number of aromatic nitrogens is 2. The van der Waals surface area contributed by atoms with Gasteiger partial charge in [-0.1, -0.05) is 0 Å². The average Bonchev–Trinajstić information content (AvgIpc) is 2.59. The van der Waals surface area contributed by atoms with Gasteiger partial charge in [0, 0.05) is 30.8 Å². The molecule has 0 atom stereocenters. The number of hydrogen-bond acceptors (Lipinski definition) is 6. The molecule has 0 aromatic carbocycles. The van der Waals surface area contributed by atoms with Gasteiger partial charge >= 0.3 is 5.97 Å². The van der Waals surface area contributed by atoms with Crippen LogP contribution in [0.15, 0.2) is 4.79 Å². The number of carbonyl (C=O) groups excluding carboxylic acids is 1. The highest BCUT2D eigenvalue weighted by molar-refractivity contribution is 5.78. The largest absolute Gasteiger partial charge is 0.481 e. The number of carbonyl (C=O) groups is 2. The van der Waals surface area contributed by atoms with Crippen LogP contribution in [0, 0.1) is 6.92 Å². The van der Waals surface area contributed by atoms with Crippen LogP contribution in [0.25, 0.3) is 0 Å². The molecule has 1 saturated heterocycles. The van der Waals surface area contributed by atoms with Crippen molar-refractivity contribution in [1.29, 1.82) is 0 Å². The molecule has 0 spiro atoms. The van der Waals surface area contributed by atoms with Crippen molar-refractivity contribution in [2.45, 2.75) is 51.0 Å². The van der Waals surface area contributed by atoms with Gasteiger partial charge in [0.15, 0.2) is 0 Å². The lowest BCUT2D eigenvalue weighted by Gasteiger charge is -2.41. The van der Waals surface area contributed by atoms with E-state index in [1.54, 1.807) is 6.92 Å². The Morgan fingerprint density at radius 2 is 2.04 bits per heavy atom. The highest BCUT2D eigenvalue weighted by Gasteiger charge is 2.40. The third-order valence-corrected chi connectivity index (χ3v) is 5.33. The Labute approximate surface area is 157 Å². The zero-order valence-corrected chi connectivity index (χ0v) is 15.5. The summed E-state index contributed by atoms with van der Waals surface area (Å²) in [5.74, 6) is -0.610. The molecule has 3 N–H and O–H groups in total.